The normalized spacial score (nSPS) is 12.0. The fourth-order valence-electron chi connectivity index (χ4n) is 2.48. The maximum atomic E-state index is 13.0. The molecule has 0 aliphatic heterocycles. The van der Waals surface area contributed by atoms with Crippen LogP contribution in [0.2, 0.25) is 0 Å². The third-order valence-corrected chi connectivity index (χ3v) is 3.81. The molecule has 0 saturated heterocycles. The van der Waals surface area contributed by atoms with Crippen molar-refractivity contribution in [3.05, 3.63) is 48.0 Å². The predicted molar refractivity (Wildman–Crippen MR) is 109 cm³/mol. The zero-order chi connectivity index (χ0) is 23.9. The minimum atomic E-state index is -4.63. The first kappa shape index (κ1) is 24.8. The van der Waals surface area contributed by atoms with Crippen LogP contribution in [0.15, 0.2) is 47.5 Å². The number of nitrogens with one attached hydrogen (secondary N) is 1. The number of hydrogen-bond donors (Lipinski definition) is 1. The molecule has 2 aromatic rings. The fourth-order valence-corrected chi connectivity index (χ4v) is 2.48. The van der Waals surface area contributed by atoms with Crippen molar-refractivity contribution in [3.63, 3.8) is 0 Å². The van der Waals surface area contributed by atoms with Crippen molar-refractivity contribution in [2.75, 3.05) is 19.5 Å². The van der Waals surface area contributed by atoms with E-state index in [0.717, 1.165) is 12.1 Å². The van der Waals surface area contributed by atoms with Crippen molar-refractivity contribution >= 4 is 17.6 Å². The van der Waals surface area contributed by atoms with Crippen molar-refractivity contribution < 1.29 is 41.3 Å². The second-order valence-electron chi connectivity index (χ2n) is 6.54. The van der Waals surface area contributed by atoms with Gasteiger partial charge in [0.1, 0.15) is 22.8 Å². The molecule has 2 aromatic carbocycles. The van der Waals surface area contributed by atoms with Crippen molar-refractivity contribution in [1.29, 1.82) is 0 Å². The minimum Gasteiger partial charge on any atom is -0.496 e. The molecule has 0 heterocycles. The van der Waals surface area contributed by atoms with Crippen LogP contribution in [0.5, 0.6) is 17.2 Å². The number of carbonyl (C=O) groups is 1. The van der Waals surface area contributed by atoms with Crippen LogP contribution in [0.4, 0.5) is 28.0 Å². The molecule has 0 bridgehead atoms. The van der Waals surface area contributed by atoms with Crippen LogP contribution >= 0.6 is 0 Å². The Morgan fingerprint density at radius 3 is 2.03 bits per heavy atom. The first-order valence-corrected chi connectivity index (χ1v) is 9.30. The van der Waals surface area contributed by atoms with E-state index in [9.17, 15) is 22.4 Å². The maximum absolute atomic E-state index is 13.0. The van der Waals surface area contributed by atoms with Gasteiger partial charge in [0.25, 0.3) is 0 Å². The van der Waals surface area contributed by atoms with Gasteiger partial charge < -0.3 is 24.3 Å². The third-order valence-electron chi connectivity index (χ3n) is 3.81. The van der Waals surface area contributed by atoms with Gasteiger partial charge in [-0.3, -0.25) is 0 Å². The van der Waals surface area contributed by atoms with Gasteiger partial charge in [0.15, 0.2) is 0 Å². The number of halogens is 4. The summed E-state index contributed by atoms with van der Waals surface area (Å²) >= 11 is 0. The monoisotopic (exact) mass is 458 g/mol. The number of methoxy groups -OCH3 is 2. The summed E-state index contributed by atoms with van der Waals surface area (Å²) in [5.74, 6) is 0.152. The molecular weight excluding hydrogens is 436 g/mol. The summed E-state index contributed by atoms with van der Waals surface area (Å²) in [6.07, 6.45) is -8.96. The lowest BCUT2D eigenvalue weighted by Gasteiger charge is -2.18. The van der Waals surface area contributed by atoms with E-state index in [1.165, 1.54) is 26.4 Å². The highest BCUT2D eigenvalue weighted by Gasteiger charge is 2.43. The second kappa shape index (κ2) is 10.7. The third kappa shape index (κ3) is 6.50. The number of nitrogens with zero attached hydrogens (tertiary/aromatic N) is 1. The van der Waals surface area contributed by atoms with E-state index in [0.29, 0.717) is 17.1 Å². The predicted octanol–water partition coefficient (Wildman–Crippen LogP) is 5.34. The van der Waals surface area contributed by atoms with Gasteiger partial charge in [-0.25, -0.2) is 4.79 Å². The maximum Gasteiger partial charge on any atom is 0.461 e. The number of ether oxygens (including phenoxy) is 4. The SMILES string of the molecule is COc1cccc(OC)c1C(=NC(=O)Nc1ccc(OC(F)(F)C(F)F)cc1)OC(C)C. The van der Waals surface area contributed by atoms with E-state index in [1.54, 1.807) is 32.0 Å². The minimum absolute atomic E-state index is 0.0664. The van der Waals surface area contributed by atoms with Crippen molar-refractivity contribution in [3.8, 4) is 17.2 Å². The van der Waals surface area contributed by atoms with Gasteiger partial charge in [0, 0.05) is 5.69 Å². The van der Waals surface area contributed by atoms with E-state index in [4.69, 9.17) is 14.2 Å². The Hall–Kier alpha value is -3.50. The van der Waals surface area contributed by atoms with Gasteiger partial charge in [-0.2, -0.15) is 22.6 Å². The number of urea groups is 1. The van der Waals surface area contributed by atoms with E-state index < -0.39 is 24.3 Å². The quantitative estimate of drug-likeness (QED) is 0.328. The highest BCUT2D eigenvalue weighted by atomic mass is 19.3. The van der Waals surface area contributed by atoms with Crippen LogP contribution < -0.4 is 19.5 Å². The zero-order valence-corrected chi connectivity index (χ0v) is 17.7. The molecule has 2 rings (SSSR count). The van der Waals surface area contributed by atoms with E-state index >= 15 is 0 Å². The lowest BCUT2D eigenvalue weighted by Crippen LogP contribution is -2.33. The highest BCUT2D eigenvalue weighted by Crippen LogP contribution is 2.30. The van der Waals surface area contributed by atoms with Gasteiger partial charge in [0.2, 0.25) is 5.90 Å². The summed E-state index contributed by atoms with van der Waals surface area (Å²) in [6.45, 7) is 3.48. The molecule has 7 nitrogen and oxygen atoms in total. The number of amides is 2. The molecule has 0 atom stereocenters. The summed E-state index contributed by atoms with van der Waals surface area (Å²) in [5, 5.41) is 2.42. The number of anilines is 1. The van der Waals surface area contributed by atoms with Gasteiger partial charge in [-0.1, -0.05) is 6.07 Å². The molecule has 0 fully saturated rings. The Labute approximate surface area is 181 Å². The molecule has 2 amide bonds. The van der Waals surface area contributed by atoms with Crippen LogP contribution in [0, 0.1) is 0 Å². The Morgan fingerprint density at radius 2 is 1.56 bits per heavy atom. The molecule has 11 heteroatoms. The molecule has 0 spiro atoms. The molecule has 0 saturated carbocycles. The van der Waals surface area contributed by atoms with Crippen LogP contribution in [0.25, 0.3) is 0 Å². The van der Waals surface area contributed by atoms with Gasteiger partial charge >= 0.3 is 18.6 Å². The van der Waals surface area contributed by atoms with Gasteiger partial charge in [0.05, 0.1) is 20.3 Å². The molecule has 0 aliphatic rings. The first-order chi connectivity index (χ1) is 15.1. The Morgan fingerprint density at radius 1 is 1.00 bits per heavy atom. The average molecular weight is 458 g/mol. The largest absolute Gasteiger partial charge is 0.496 e. The molecule has 0 aliphatic carbocycles. The van der Waals surface area contributed by atoms with Crippen LogP contribution in [0.1, 0.15) is 19.4 Å². The molecule has 32 heavy (non-hydrogen) atoms. The number of carbonyl (C=O) groups excluding carboxylic acids is 1. The first-order valence-electron chi connectivity index (χ1n) is 9.30. The summed E-state index contributed by atoms with van der Waals surface area (Å²) in [7, 11) is 2.87. The summed E-state index contributed by atoms with van der Waals surface area (Å²) in [6, 6.07) is 8.52. The zero-order valence-electron chi connectivity index (χ0n) is 17.7. The van der Waals surface area contributed by atoms with E-state index in [2.05, 4.69) is 15.0 Å². The lowest BCUT2D eigenvalue weighted by molar-refractivity contribution is -0.253. The summed E-state index contributed by atoms with van der Waals surface area (Å²) in [4.78, 5) is 16.4. The topological polar surface area (TPSA) is 78.4 Å². The number of alkyl halides is 4. The molecule has 1 N–H and O–H groups in total. The Bertz CT molecular complexity index is 927. The van der Waals surface area contributed by atoms with Gasteiger partial charge in [-0.05, 0) is 50.2 Å². The van der Waals surface area contributed by atoms with Crippen molar-refractivity contribution in [2.24, 2.45) is 4.99 Å². The number of aliphatic imine (C=N–C) groups is 1. The molecule has 0 radical (unpaired) electrons. The molecule has 0 unspecified atom stereocenters. The molecule has 174 valence electrons. The molecule has 0 aromatic heterocycles. The van der Waals surface area contributed by atoms with Crippen molar-refractivity contribution in [1.82, 2.24) is 0 Å². The van der Waals surface area contributed by atoms with Gasteiger partial charge in [-0.15, -0.1) is 0 Å². The lowest BCUT2D eigenvalue weighted by atomic mass is 10.1. The Balaban J connectivity index is 2.26. The highest BCUT2D eigenvalue weighted by molar-refractivity contribution is 6.07. The summed E-state index contributed by atoms with van der Waals surface area (Å²) in [5.41, 5.74) is 0.474. The molecular formula is C21H22F4N2O5. The number of benzene rings is 2. The smallest absolute Gasteiger partial charge is 0.461 e. The standard InChI is InChI=1S/C21H22F4N2O5/c1-12(2)31-18(17-15(29-3)6-5-7-16(17)30-4)27-20(28)26-13-8-10-14(11-9-13)32-21(24,25)19(22)23/h5-12,19H,1-4H3,(H,26,28). The second-order valence-corrected chi connectivity index (χ2v) is 6.54. The number of rotatable bonds is 8. The van der Waals surface area contributed by atoms with Crippen molar-refractivity contribution in [2.45, 2.75) is 32.5 Å². The summed E-state index contributed by atoms with van der Waals surface area (Å²) < 4.78 is 70.7. The van der Waals surface area contributed by atoms with Crippen LogP contribution in [-0.4, -0.2) is 44.8 Å². The van der Waals surface area contributed by atoms with E-state index in [-0.39, 0.29) is 17.7 Å². The number of hydrogen-bond acceptors (Lipinski definition) is 5. The Kier molecular flexibility index (Phi) is 8.27. The van der Waals surface area contributed by atoms with Crippen LogP contribution in [0.3, 0.4) is 0 Å². The fraction of sp³-hybridized carbons (Fsp3) is 0.333. The van der Waals surface area contributed by atoms with Crippen LogP contribution in [-0.2, 0) is 4.74 Å². The van der Waals surface area contributed by atoms with E-state index in [1.807, 2.05) is 0 Å². The average Bonchev–Trinajstić information content (AvgIpc) is 2.73.